The minimum atomic E-state index is -0.244. The zero-order valence-corrected chi connectivity index (χ0v) is 11.7. The Balaban J connectivity index is 2.08. The molecule has 0 aliphatic carbocycles. The Morgan fingerprint density at radius 2 is 1.60 bits per heavy atom. The lowest BCUT2D eigenvalue weighted by atomic mass is 10.1. The van der Waals surface area contributed by atoms with Gasteiger partial charge in [0.15, 0.2) is 0 Å². The van der Waals surface area contributed by atoms with Crippen LogP contribution in [0.1, 0.15) is 18.5 Å². The summed E-state index contributed by atoms with van der Waals surface area (Å²) in [6.07, 6.45) is 0. The Hall–Kier alpha value is -2.33. The Kier molecular flexibility index (Phi) is 4.74. The van der Waals surface area contributed by atoms with Gasteiger partial charge in [0.1, 0.15) is 0 Å². The SMILES string of the molecule is CNC(C)c1ccccc1NC(=O)Nc1ccccc1. The van der Waals surface area contributed by atoms with E-state index < -0.39 is 0 Å². The van der Waals surface area contributed by atoms with Gasteiger partial charge in [-0.25, -0.2) is 4.79 Å². The first-order chi connectivity index (χ1) is 9.70. The first kappa shape index (κ1) is 14.1. The van der Waals surface area contributed by atoms with E-state index in [0.717, 1.165) is 16.9 Å². The van der Waals surface area contributed by atoms with E-state index in [2.05, 4.69) is 22.9 Å². The highest BCUT2D eigenvalue weighted by atomic mass is 16.2. The molecule has 0 aromatic heterocycles. The van der Waals surface area contributed by atoms with Crippen LogP contribution in [-0.4, -0.2) is 13.1 Å². The summed E-state index contributed by atoms with van der Waals surface area (Å²) in [5.74, 6) is 0. The van der Waals surface area contributed by atoms with E-state index in [-0.39, 0.29) is 12.1 Å². The van der Waals surface area contributed by atoms with E-state index in [1.165, 1.54) is 0 Å². The van der Waals surface area contributed by atoms with Crippen LogP contribution in [0.15, 0.2) is 54.6 Å². The van der Waals surface area contributed by atoms with E-state index in [4.69, 9.17) is 0 Å². The Labute approximate surface area is 119 Å². The summed E-state index contributed by atoms with van der Waals surface area (Å²) in [6.45, 7) is 2.05. The monoisotopic (exact) mass is 269 g/mol. The molecule has 0 heterocycles. The van der Waals surface area contributed by atoms with Crippen LogP contribution in [-0.2, 0) is 0 Å². The number of rotatable bonds is 4. The smallest absolute Gasteiger partial charge is 0.313 e. The van der Waals surface area contributed by atoms with Gasteiger partial charge >= 0.3 is 6.03 Å². The minimum Gasteiger partial charge on any atom is -0.313 e. The third kappa shape index (κ3) is 3.59. The molecule has 0 fully saturated rings. The number of carbonyl (C=O) groups excluding carboxylic acids is 1. The molecule has 0 aliphatic rings. The van der Waals surface area contributed by atoms with Crippen LogP contribution in [0.4, 0.5) is 16.2 Å². The molecule has 0 aliphatic heterocycles. The first-order valence-electron chi connectivity index (χ1n) is 6.60. The number of benzene rings is 2. The molecule has 3 N–H and O–H groups in total. The first-order valence-corrected chi connectivity index (χ1v) is 6.60. The predicted octanol–water partition coefficient (Wildman–Crippen LogP) is 3.61. The average Bonchev–Trinajstić information content (AvgIpc) is 2.48. The van der Waals surface area contributed by atoms with Crippen LogP contribution in [0.5, 0.6) is 0 Å². The van der Waals surface area contributed by atoms with Gasteiger partial charge in [-0.3, -0.25) is 0 Å². The number of hydrogen-bond acceptors (Lipinski definition) is 2. The zero-order chi connectivity index (χ0) is 14.4. The van der Waals surface area contributed by atoms with Crippen molar-refractivity contribution in [3.05, 3.63) is 60.2 Å². The molecule has 0 spiro atoms. The Bertz CT molecular complexity index is 569. The lowest BCUT2D eigenvalue weighted by Crippen LogP contribution is -2.22. The van der Waals surface area contributed by atoms with Gasteiger partial charge in [-0.2, -0.15) is 0 Å². The molecule has 2 amide bonds. The van der Waals surface area contributed by atoms with Crippen LogP contribution in [0.25, 0.3) is 0 Å². The average molecular weight is 269 g/mol. The fourth-order valence-corrected chi connectivity index (χ4v) is 1.95. The van der Waals surface area contributed by atoms with Crippen LogP contribution in [0.2, 0.25) is 0 Å². The molecule has 20 heavy (non-hydrogen) atoms. The number of hydrogen-bond donors (Lipinski definition) is 3. The summed E-state index contributed by atoms with van der Waals surface area (Å²) >= 11 is 0. The summed E-state index contributed by atoms with van der Waals surface area (Å²) in [4.78, 5) is 12.0. The third-order valence-corrected chi connectivity index (χ3v) is 3.14. The van der Waals surface area contributed by atoms with Crippen molar-refractivity contribution in [1.82, 2.24) is 5.32 Å². The fourth-order valence-electron chi connectivity index (χ4n) is 1.95. The van der Waals surface area contributed by atoms with Crippen molar-refractivity contribution < 1.29 is 4.79 Å². The lowest BCUT2D eigenvalue weighted by molar-refractivity contribution is 0.262. The van der Waals surface area contributed by atoms with E-state index in [9.17, 15) is 4.79 Å². The predicted molar refractivity (Wildman–Crippen MR) is 83.0 cm³/mol. The summed E-state index contributed by atoms with van der Waals surface area (Å²) in [7, 11) is 1.89. The van der Waals surface area contributed by atoms with E-state index in [1.807, 2.05) is 61.6 Å². The molecular weight excluding hydrogens is 250 g/mol. The third-order valence-electron chi connectivity index (χ3n) is 3.14. The van der Waals surface area contributed by atoms with Crippen molar-refractivity contribution in [2.45, 2.75) is 13.0 Å². The maximum absolute atomic E-state index is 12.0. The van der Waals surface area contributed by atoms with Gasteiger partial charge in [0.2, 0.25) is 0 Å². The second-order valence-corrected chi connectivity index (χ2v) is 4.54. The van der Waals surface area contributed by atoms with E-state index in [1.54, 1.807) is 0 Å². The Morgan fingerprint density at radius 1 is 0.950 bits per heavy atom. The molecule has 0 saturated carbocycles. The molecular formula is C16H19N3O. The molecule has 2 aromatic rings. The fraction of sp³-hybridized carbons (Fsp3) is 0.188. The van der Waals surface area contributed by atoms with Crippen molar-refractivity contribution in [3.63, 3.8) is 0 Å². The van der Waals surface area contributed by atoms with Gasteiger partial charge in [-0.05, 0) is 37.7 Å². The van der Waals surface area contributed by atoms with Crippen LogP contribution >= 0.6 is 0 Å². The number of nitrogens with one attached hydrogen (secondary N) is 3. The van der Waals surface area contributed by atoms with E-state index in [0.29, 0.717) is 0 Å². The lowest BCUT2D eigenvalue weighted by Gasteiger charge is -2.16. The highest BCUT2D eigenvalue weighted by molar-refractivity contribution is 6.00. The molecule has 1 atom stereocenters. The van der Waals surface area contributed by atoms with Crippen molar-refractivity contribution in [2.75, 3.05) is 17.7 Å². The van der Waals surface area contributed by atoms with Crippen LogP contribution in [0, 0.1) is 0 Å². The van der Waals surface area contributed by atoms with Crippen molar-refractivity contribution >= 4 is 17.4 Å². The molecule has 4 nitrogen and oxygen atoms in total. The second kappa shape index (κ2) is 6.73. The normalized spacial score (nSPS) is 11.7. The van der Waals surface area contributed by atoms with Crippen molar-refractivity contribution in [1.29, 1.82) is 0 Å². The van der Waals surface area contributed by atoms with Crippen molar-refractivity contribution in [3.8, 4) is 0 Å². The summed E-state index contributed by atoms with van der Waals surface area (Å²) < 4.78 is 0. The summed E-state index contributed by atoms with van der Waals surface area (Å²) in [5.41, 5.74) is 2.63. The highest BCUT2D eigenvalue weighted by Gasteiger charge is 2.10. The largest absolute Gasteiger partial charge is 0.323 e. The standard InChI is InChI=1S/C16H19N3O/c1-12(17-2)14-10-6-7-11-15(14)19-16(20)18-13-8-4-3-5-9-13/h3-12,17H,1-2H3,(H2,18,19,20). The van der Waals surface area contributed by atoms with Crippen LogP contribution < -0.4 is 16.0 Å². The van der Waals surface area contributed by atoms with Crippen molar-refractivity contribution in [2.24, 2.45) is 0 Å². The maximum Gasteiger partial charge on any atom is 0.323 e. The van der Waals surface area contributed by atoms with Gasteiger partial charge in [-0.15, -0.1) is 0 Å². The number of para-hydroxylation sites is 2. The quantitative estimate of drug-likeness (QED) is 0.794. The number of urea groups is 1. The number of anilines is 2. The van der Waals surface area contributed by atoms with Crippen LogP contribution in [0.3, 0.4) is 0 Å². The zero-order valence-electron chi connectivity index (χ0n) is 11.7. The Morgan fingerprint density at radius 3 is 2.30 bits per heavy atom. The molecule has 1 unspecified atom stereocenters. The van der Waals surface area contributed by atoms with Gasteiger partial charge in [-0.1, -0.05) is 36.4 Å². The maximum atomic E-state index is 12.0. The molecule has 4 heteroatoms. The minimum absolute atomic E-state index is 0.170. The van der Waals surface area contributed by atoms with Gasteiger partial charge < -0.3 is 16.0 Å². The molecule has 0 saturated heterocycles. The van der Waals surface area contributed by atoms with E-state index >= 15 is 0 Å². The topological polar surface area (TPSA) is 53.2 Å². The molecule has 2 aromatic carbocycles. The number of amides is 2. The second-order valence-electron chi connectivity index (χ2n) is 4.54. The molecule has 0 radical (unpaired) electrons. The highest BCUT2D eigenvalue weighted by Crippen LogP contribution is 2.22. The molecule has 104 valence electrons. The van der Waals surface area contributed by atoms with Gasteiger partial charge in [0, 0.05) is 17.4 Å². The molecule has 0 bridgehead atoms. The number of carbonyl (C=O) groups is 1. The molecule has 2 rings (SSSR count). The summed E-state index contributed by atoms with van der Waals surface area (Å²) in [5, 5.41) is 8.86. The van der Waals surface area contributed by atoms with Gasteiger partial charge in [0.25, 0.3) is 0 Å². The van der Waals surface area contributed by atoms with Gasteiger partial charge in [0.05, 0.1) is 0 Å². The summed E-state index contributed by atoms with van der Waals surface area (Å²) in [6, 6.07) is 17.1.